The molecule has 36 heavy (non-hydrogen) atoms. The van der Waals surface area contributed by atoms with E-state index in [9.17, 15) is 14.0 Å². The van der Waals surface area contributed by atoms with Crippen LogP contribution in [0.4, 0.5) is 4.39 Å². The van der Waals surface area contributed by atoms with Crippen molar-refractivity contribution in [3.8, 4) is 0 Å². The third-order valence-corrected chi connectivity index (χ3v) is 7.93. The first kappa shape index (κ1) is 24.5. The van der Waals surface area contributed by atoms with E-state index in [-0.39, 0.29) is 30.4 Å². The molecule has 2 aliphatic rings. The predicted molar refractivity (Wildman–Crippen MR) is 132 cm³/mol. The minimum Gasteiger partial charge on any atom is -0.458 e. The van der Waals surface area contributed by atoms with E-state index in [0.29, 0.717) is 36.4 Å². The first-order valence-corrected chi connectivity index (χ1v) is 13.0. The van der Waals surface area contributed by atoms with Crippen LogP contribution >= 0.6 is 0 Å². The number of esters is 1. The molecular weight excluding hydrogens is 459 g/mol. The Morgan fingerprint density at radius 3 is 2.64 bits per heavy atom. The van der Waals surface area contributed by atoms with Crippen LogP contribution < -0.4 is 0 Å². The molecule has 190 valence electrons. The van der Waals surface area contributed by atoms with Crippen molar-refractivity contribution < 1.29 is 18.7 Å². The van der Waals surface area contributed by atoms with Gasteiger partial charge in [-0.3, -0.25) is 9.59 Å². The van der Waals surface area contributed by atoms with Gasteiger partial charge in [-0.05, 0) is 75.1 Å². The third kappa shape index (κ3) is 4.65. The Morgan fingerprint density at radius 1 is 1.14 bits per heavy atom. The fourth-order valence-electron chi connectivity index (χ4n) is 5.96. The number of hydrogen-bond donors (Lipinski definition) is 0. The van der Waals surface area contributed by atoms with Gasteiger partial charge in [-0.2, -0.15) is 4.98 Å². The second-order valence-corrected chi connectivity index (χ2v) is 10.4. The Morgan fingerprint density at radius 2 is 1.92 bits per heavy atom. The molecule has 2 aromatic heterocycles. The summed E-state index contributed by atoms with van der Waals surface area (Å²) in [6.45, 7) is 5.74. The summed E-state index contributed by atoms with van der Waals surface area (Å²) in [5.74, 6) is -0.646. The van der Waals surface area contributed by atoms with Crippen LogP contribution in [-0.4, -0.2) is 36.9 Å². The summed E-state index contributed by atoms with van der Waals surface area (Å²) >= 11 is 0. The van der Waals surface area contributed by atoms with Gasteiger partial charge in [-0.1, -0.05) is 31.9 Å². The minimum atomic E-state index is -0.907. The molecule has 8 heteroatoms. The van der Waals surface area contributed by atoms with E-state index in [4.69, 9.17) is 4.74 Å². The second kappa shape index (κ2) is 9.71. The average Bonchev–Trinajstić information content (AvgIpc) is 3.52. The van der Waals surface area contributed by atoms with Crippen LogP contribution in [0, 0.1) is 31.5 Å². The number of fused-ring (bicyclic) bond motifs is 1. The summed E-state index contributed by atoms with van der Waals surface area (Å²) in [5, 5.41) is 4.48. The number of rotatable bonds is 7. The molecule has 3 heterocycles. The average molecular weight is 493 g/mol. The fourth-order valence-corrected chi connectivity index (χ4v) is 5.96. The van der Waals surface area contributed by atoms with Gasteiger partial charge in [0.05, 0.1) is 0 Å². The molecule has 1 aliphatic carbocycles. The number of carbonyl (C=O) groups excluding carboxylic acids is 2. The molecule has 2 fully saturated rings. The number of hydrogen-bond acceptors (Lipinski definition) is 6. The largest absolute Gasteiger partial charge is 0.458 e. The number of aromatic nitrogens is 4. The van der Waals surface area contributed by atoms with Gasteiger partial charge in [0.2, 0.25) is 0 Å². The smallest absolute Gasteiger partial charge is 0.317 e. The van der Waals surface area contributed by atoms with Gasteiger partial charge in [0.1, 0.15) is 17.3 Å². The number of ketones is 1. The molecule has 0 N–H and O–H groups in total. The lowest BCUT2D eigenvalue weighted by Gasteiger charge is -2.43. The molecule has 3 aromatic rings. The van der Waals surface area contributed by atoms with E-state index < -0.39 is 17.5 Å². The van der Waals surface area contributed by atoms with Crippen LogP contribution in [0.15, 0.2) is 24.3 Å². The summed E-state index contributed by atoms with van der Waals surface area (Å²) in [5.41, 5.74) is 2.60. The number of nitrogens with zero attached hydrogens (tertiary/aromatic N) is 4. The number of aryl methyl sites for hydroxylation is 4. The van der Waals surface area contributed by atoms with Crippen LogP contribution in [0.1, 0.15) is 73.8 Å². The number of halogens is 1. The molecular formula is C28H33FN4O3. The van der Waals surface area contributed by atoms with Crippen molar-refractivity contribution in [3.05, 3.63) is 58.4 Å². The number of carbonyl (C=O) groups is 2. The van der Waals surface area contributed by atoms with Crippen LogP contribution in [0.5, 0.6) is 0 Å². The second-order valence-electron chi connectivity index (χ2n) is 10.4. The zero-order valence-electron chi connectivity index (χ0n) is 21.2. The Bertz CT molecular complexity index is 1290. The maximum atomic E-state index is 14.0. The first-order valence-electron chi connectivity index (χ1n) is 13.0. The van der Waals surface area contributed by atoms with Crippen molar-refractivity contribution in [1.29, 1.82) is 0 Å². The van der Waals surface area contributed by atoms with Gasteiger partial charge < -0.3 is 4.74 Å². The SMILES string of the molecule is CCc1cc(CCC2(C3CCCC3)CC(=O)C(Cc3nc4nc(C)cc(C)n4n3)C(=O)O2)ccc1F. The molecule has 7 nitrogen and oxygen atoms in total. The molecule has 1 aliphatic heterocycles. The van der Waals surface area contributed by atoms with Crippen LogP contribution in [0.2, 0.25) is 0 Å². The van der Waals surface area contributed by atoms with Gasteiger partial charge in [0, 0.05) is 24.2 Å². The van der Waals surface area contributed by atoms with Gasteiger partial charge in [-0.25, -0.2) is 13.9 Å². The summed E-state index contributed by atoms with van der Waals surface area (Å²) < 4.78 is 21.8. The molecule has 2 unspecified atom stereocenters. The highest BCUT2D eigenvalue weighted by Crippen LogP contribution is 2.45. The molecule has 2 atom stereocenters. The summed E-state index contributed by atoms with van der Waals surface area (Å²) in [6.07, 6.45) is 6.19. The standard InChI is InChI=1S/C28H33FN4O3/c1-4-20-14-19(9-10-23(20)29)11-12-28(21-7-5-6-8-21)16-24(34)22(26(35)36-28)15-25-31-27-30-17(2)13-18(3)33(27)32-25/h9-10,13-14,21-22H,4-8,11-12,15-16H2,1-3H3. The van der Waals surface area contributed by atoms with E-state index in [0.717, 1.165) is 42.6 Å². The molecule has 0 bridgehead atoms. The number of cyclic esters (lactones) is 1. The lowest BCUT2D eigenvalue weighted by Crippen LogP contribution is -2.52. The molecule has 0 spiro atoms. The maximum absolute atomic E-state index is 14.0. The first-order chi connectivity index (χ1) is 17.3. The van der Waals surface area contributed by atoms with Crippen molar-refractivity contribution in [3.63, 3.8) is 0 Å². The van der Waals surface area contributed by atoms with Crippen molar-refractivity contribution in [2.24, 2.45) is 11.8 Å². The van der Waals surface area contributed by atoms with Crippen molar-refractivity contribution in [1.82, 2.24) is 19.6 Å². The van der Waals surface area contributed by atoms with Gasteiger partial charge in [0.25, 0.3) is 5.78 Å². The number of ether oxygens (including phenoxy) is 1. The lowest BCUT2D eigenvalue weighted by molar-refractivity contribution is -0.185. The Labute approximate surface area is 210 Å². The molecule has 0 radical (unpaired) electrons. The van der Waals surface area contributed by atoms with Gasteiger partial charge in [0.15, 0.2) is 11.6 Å². The number of benzene rings is 1. The maximum Gasteiger partial charge on any atom is 0.317 e. The van der Waals surface area contributed by atoms with E-state index in [1.54, 1.807) is 10.6 Å². The fraction of sp³-hybridized carbons (Fsp3) is 0.536. The lowest BCUT2D eigenvalue weighted by atomic mass is 9.73. The molecule has 0 amide bonds. The predicted octanol–water partition coefficient (Wildman–Crippen LogP) is 4.68. The van der Waals surface area contributed by atoms with E-state index >= 15 is 0 Å². The van der Waals surface area contributed by atoms with Crippen molar-refractivity contribution >= 4 is 17.5 Å². The van der Waals surface area contributed by atoms with Gasteiger partial charge >= 0.3 is 5.97 Å². The zero-order chi connectivity index (χ0) is 25.4. The Kier molecular flexibility index (Phi) is 6.62. The highest BCUT2D eigenvalue weighted by Gasteiger charge is 2.51. The molecule has 1 saturated heterocycles. The highest BCUT2D eigenvalue weighted by atomic mass is 19.1. The number of Topliss-reactive ketones (excluding diaryl/α,β-unsaturated/α-hetero) is 1. The normalized spacial score (nSPS) is 22.9. The van der Waals surface area contributed by atoms with E-state index in [2.05, 4.69) is 15.1 Å². The van der Waals surface area contributed by atoms with Crippen LogP contribution in [0.3, 0.4) is 0 Å². The van der Waals surface area contributed by atoms with Gasteiger partial charge in [-0.15, -0.1) is 5.10 Å². The minimum absolute atomic E-state index is 0.105. The van der Waals surface area contributed by atoms with Crippen LogP contribution in [-0.2, 0) is 33.6 Å². The Balaban J connectivity index is 1.36. The molecule has 1 saturated carbocycles. The molecule has 1 aromatic carbocycles. The third-order valence-electron chi connectivity index (χ3n) is 7.93. The summed E-state index contributed by atoms with van der Waals surface area (Å²) in [4.78, 5) is 35.6. The monoisotopic (exact) mass is 492 g/mol. The summed E-state index contributed by atoms with van der Waals surface area (Å²) in [7, 11) is 0. The summed E-state index contributed by atoms with van der Waals surface area (Å²) in [6, 6.07) is 7.09. The van der Waals surface area contributed by atoms with Crippen molar-refractivity contribution in [2.75, 3.05) is 0 Å². The van der Waals surface area contributed by atoms with Crippen molar-refractivity contribution in [2.45, 2.75) is 84.2 Å². The zero-order valence-corrected chi connectivity index (χ0v) is 21.2. The van der Waals surface area contributed by atoms with E-state index in [1.807, 2.05) is 32.9 Å². The molecule has 5 rings (SSSR count). The van der Waals surface area contributed by atoms with E-state index in [1.165, 1.54) is 6.07 Å². The topological polar surface area (TPSA) is 86.5 Å². The van der Waals surface area contributed by atoms with Crippen LogP contribution in [0.25, 0.3) is 5.78 Å². The Hall–Kier alpha value is -3.16. The highest BCUT2D eigenvalue weighted by molar-refractivity contribution is 6.01. The quantitative estimate of drug-likeness (QED) is 0.352.